The molecule has 11 heavy (non-hydrogen) atoms. The fourth-order valence-corrected chi connectivity index (χ4v) is 0.712. The molecule has 0 heterocycles. The highest BCUT2D eigenvalue weighted by atomic mass is 19.3. The number of alkyl halides is 2. The normalized spacial score (nSPS) is 15.6. The first-order valence-electron chi connectivity index (χ1n) is 3.49. The van der Waals surface area contributed by atoms with E-state index in [-0.39, 0.29) is 0 Å². The Morgan fingerprint density at radius 3 is 2.45 bits per heavy atom. The van der Waals surface area contributed by atoms with Crippen molar-refractivity contribution in [1.29, 1.82) is 0 Å². The van der Waals surface area contributed by atoms with Gasteiger partial charge in [0.05, 0.1) is 6.04 Å². The molecule has 0 spiro atoms. The van der Waals surface area contributed by atoms with Crippen molar-refractivity contribution in [3.63, 3.8) is 0 Å². The van der Waals surface area contributed by atoms with Crippen LogP contribution in [0.15, 0.2) is 11.6 Å². The van der Waals surface area contributed by atoms with Gasteiger partial charge in [0.1, 0.15) is 0 Å². The zero-order valence-corrected chi connectivity index (χ0v) is 6.56. The highest BCUT2D eigenvalue weighted by Gasteiger charge is 2.11. The van der Waals surface area contributed by atoms with Crippen LogP contribution in [0, 0.1) is 0 Å². The molecule has 0 rings (SSSR count). The Hall–Kier alpha value is -0.480. The van der Waals surface area contributed by atoms with Crippen LogP contribution < -0.4 is 11.5 Å². The standard InChI is InChI=1S/C7H14F2N2/c1-5(2-3-10)4-6(11)7(8)9/h4,6-7H,2-3,10-11H2,1H3/b5-4+. The molecule has 0 saturated heterocycles. The van der Waals surface area contributed by atoms with Crippen LogP contribution in [-0.2, 0) is 0 Å². The topological polar surface area (TPSA) is 52.0 Å². The summed E-state index contributed by atoms with van der Waals surface area (Å²) in [6.45, 7) is 2.22. The van der Waals surface area contributed by atoms with E-state index in [0.29, 0.717) is 13.0 Å². The summed E-state index contributed by atoms with van der Waals surface area (Å²) in [6.07, 6.45) is -0.500. The van der Waals surface area contributed by atoms with Gasteiger partial charge in [-0.3, -0.25) is 0 Å². The van der Waals surface area contributed by atoms with Gasteiger partial charge in [-0.25, -0.2) is 8.78 Å². The molecule has 0 aromatic heterocycles. The van der Waals surface area contributed by atoms with Gasteiger partial charge in [-0.1, -0.05) is 11.6 Å². The predicted molar refractivity (Wildman–Crippen MR) is 41.4 cm³/mol. The summed E-state index contributed by atoms with van der Waals surface area (Å²) in [5.74, 6) is 0. The highest BCUT2D eigenvalue weighted by Crippen LogP contribution is 2.04. The third-order valence-corrected chi connectivity index (χ3v) is 1.31. The Kier molecular flexibility index (Phi) is 4.98. The number of rotatable bonds is 4. The number of hydrogen-bond donors (Lipinski definition) is 2. The first kappa shape index (κ1) is 10.5. The summed E-state index contributed by atoms with van der Waals surface area (Å²) in [4.78, 5) is 0. The minimum atomic E-state index is -2.48. The molecule has 1 unspecified atom stereocenters. The van der Waals surface area contributed by atoms with Crippen LogP contribution in [0.3, 0.4) is 0 Å². The van der Waals surface area contributed by atoms with E-state index in [0.717, 1.165) is 5.57 Å². The summed E-state index contributed by atoms with van der Waals surface area (Å²) in [7, 11) is 0. The smallest absolute Gasteiger partial charge is 0.257 e. The zero-order valence-electron chi connectivity index (χ0n) is 6.56. The molecular formula is C7H14F2N2. The maximum atomic E-state index is 11.8. The molecule has 4 N–H and O–H groups in total. The van der Waals surface area contributed by atoms with Gasteiger partial charge >= 0.3 is 0 Å². The summed E-state index contributed by atoms with van der Waals surface area (Å²) in [6, 6.07) is -1.15. The summed E-state index contributed by atoms with van der Waals surface area (Å²) >= 11 is 0. The number of halogens is 2. The van der Waals surface area contributed by atoms with Crippen molar-refractivity contribution in [1.82, 2.24) is 0 Å². The van der Waals surface area contributed by atoms with Crippen molar-refractivity contribution in [3.05, 3.63) is 11.6 Å². The second-order valence-electron chi connectivity index (χ2n) is 2.46. The molecule has 66 valence electrons. The molecule has 0 aromatic carbocycles. The van der Waals surface area contributed by atoms with E-state index >= 15 is 0 Å². The average Bonchev–Trinajstić information content (AvgIpc) is 1.87. The lowest BCUT2D eigenvalue weighted by atomic mass is 10.1. The largest absolute Gasteiger partial charge is 0.330 e. The monoisotopic (exact) mass is 164 g/mol. The van der Waals surface area contributed by atoms with Crippen LogP contribution in [-0.4, -0.2) is 19.0 Å². The minimum Gasteiger partial charge on any atom is -0.330 e. The van der Waals surface area contributed by atoms with Crippen LogP contribution in [0.4, 0.5) is 8.78 Å². The fourth-order valence-electron chi connectivity index (χ4n) is 0.712. The summed E-state index contributed by atoms with van der Waals surface area (Å²) in [5.41, 5.74) is 11.1. The Bertz CT molecular complexity index is 134. The molecule has 0 fully saturated rings. The molecule has 0 bridgehead atoms. The van der Waals surface area contributed by atoms with E-state index in [1.54, 1.807) is 6.92 Å². The molecule has 2 nitrogen and oxygen atoms in total. The predicted octanol–water partition coefficient (Wildman–Crippen LogP) is 0.874. The van der Waals surface area contributed by atoms with E-state index in [4.69, 9.17) is 11.5 Å². The van der Waals surface area contributed by atoms with Crippen molar-refractivity contribution in [2.75, 3.05) is 6.54 Å². The molecule has 0 aliphatic rings. The number of nitrogens with two attached hydrogens (primary N) is 2. The average molecular weight is 164 g/mol. The number of hydrogen-bond acceptors (Lipinski definition) is 2. The molecule has 0 radical (unpaired) electrons. The first-order valence-corrected chi connectivity index (χ1v) is 3.49. The molecular weight excluding hydrogens is 150 g/mol. The second kappa shape index (κ2) is 5.21. The summed E-state index contributed by atoms with van der Waals surface area (Å²) < 4.78 is 23.7. The van der Waals surface area contributed by atoms with Gasteiger partial charge in [0.2, 0.25) is 0 Å². The lowest BCUT2D eigenvalue weighted by Crippen LogP contribution is -2.26. The van der Waals surface area contributed by atoms with E-state index in [9.17, 15) is 8.78 Å². The lowest BCUT2D eigenvalue weighted by Gasteiger charge is -2.06. The van der Waals surface area contributed by atoms with Crippen LogP contribution in [0.25, 0.3) is 0 Å². The SMILES string of the molecule is C/C(=C\C(N)C(F)F)CCN. The Labute approximate surface area is 65.3 Å². The second-order valence-corrected chi connectivity index (χ2v) is 2.46. The van der Waals surface area contributed by atoms with Gasteiger partial charge in [-0.2, -0.15) is 0 Å². The fraction of sp³-hybridized carbons (Fsp3) is 0.714. The third-order valence-electron chi connectivity index (χ3n) is 1.31. The van der Waals surface area contributed by atoms with Crippen LogP contribution in [0.2, 0.25) is 0 Å². The van der Waals surface area contributed by atoms with E-state index < -0.39 is 12.5 Å². The Balaban J connectivity index is 3.86. The van der Waals surface area contributed by atoms with Crippen molar-refractivity contribution in [2.45, 2.75) is 25.8 Å². The molecule has 0 saturated carbocycles. The van der Waals surface area contributed by atoms with Gasteiger partial charge in [0.15, 0.2) is 0 Å². The van der Waals surface area contributed by atoms with Gasteiger partial charge in [0, 0.05) is 0 Å². The molecule has 0 aliphatic carbocycles. The van der Waals surface area contributed by atoms with Crippen LogP contribution in [0.1, 0.15) is 13.3 Å². The molecule has 0 amide bonds. The quantitative estimate of drug-likeness (QED) is 0.606. The first-order chi connectivity index (χ1) is 5.07. The molecule has 0 aromatic rings. The van der Waals surface area contributed by atoms with Gasteiger partial charge in [0.25, 0.3) is 6.43 Å². The summed E-state index contributed by atoms with van der Waals surface area (Å²) in [5, 5.41) is 0. The molecule has 1 atom stereocenters. The van der Waals surface area contributed by atoms with E-state index in [1.165, 1.54) is 6.08 Å². The molecule has 4 heteroatoms. The van der Waals surface area contributed by atoms with Crippen molar-refractivity contribution in [2.24, 2.45) is 11.5 Å². The highest BCUT2D eigenvalue weighted by molar-refractivity contribution is 5.04. The van der Waals surface area contributed by atoms with Crippen molar-refractivity contribution >= 4 is 0 Å². The van der Waals surface area contributed by atoms with Gasteiger partial charge in [-0.15, -0.1) is 0 Å². The molecule has 0 aliphatic heterocycles. The maximum absolute atomic E-state index is 11.8. The van der Waals surface area contributed by atoms with Gasteiger partial charge in [-0.05, 0) is 19.9 Å². The maximum Gasteiger partial charge on any atom is 0.257 e. The van der Waals surface area contributed by atoms with E-state index in [1.807, 2.05) is 0 Å². The third kappa shape index (κ3) is 4.86. The zero-order chi connectivity index (χ0) is 8.85. The minimum absolute atomic E-state index is 0.471. The van der Waals surface area contributed by atoms with Crippen molar-refractivity contribution in [3.8, 4) is 0 Å². The van der Waals surface area contributed by atoms with Crippen LogP contribution in [0.5, 0.6) is 0 Å². The van der Waals surface area contributed by atoms with E-state index in [2.05, 4.69) is 0 Å². The Morgan fingerprint density at radius 1 is 1.55 bits per heavy atom. The van der Waals surface area contributed by atoms with Gasteiger partial charge < -0.3 is 11.5 Å². The van der Waals surface area contributed by atoms with Crippen LogP contribution >= 0.6 is 0 Å². The van der Waals surface area contributed by atoms with Crippen molar-refractivity contribution < 1.29 is 8.78 Å². The lowest BCUT2D eigenvalue weighted by molar-refractivity contribution is 0.133. The Morgan fingerprint density at radius 2 is 2.09 bits per heavy atom.